The van der Waals surface area contributed by atoms with Crippen LogP contribution in [0.2, 0.25) is 5.02 Å². The average molecular weight is 340 g/mol. The molecule has 3 rings (SSSR count). The Morgan fingerprint density at radius 2 is 1.95 bits per heavy atom. The summed E-state index contributed by atoms with van der Waals surface area (Å²) < 4.78 is 13.0. The van der Waals surface area contributed by atoms with Gasteiger partial charge in [-0.2, -0.15) is 0 Å². The van der Waals surface area contributed by atoms with Crippen LogP contribution in [0.3, 0.4) is 0 Å². The van der Waals surface area contributed by atoms with Gasteiger partial charge in [-0.05, 0) is 38.2 Å². The normalized spacial score (nSPS) is 22.9. The van der Waals surface area contributed by atoms with E-state index in [0.717, 1.165) is 18.7 Å². The molecule has 2 aromatic rings. The number of ether oxygens (including phenoxy) is 1. The second kappa shape index (κ2) is 6.50. The highest BCUT2D eigenvalue weighted by Crippen LogP contribution is 2.26. The lowest BCUT2D eigenvalue weighted by Crippen LogP contribution is -2.46. The van der Waals surface area contributed by atoms with E-state index in [1.54, 1.807) is 10.7 Å². The van der Waals surface area contributed by atoms with Crippen LogP contribution in [0.15, 0.2) is 28.7 Å². The van der Waals surface area contributed by atoms with E-state index in [1.807, 2.05) is 18.2 Å². The summed E-state index contributed by atoms with van der Waals surface area (Å²) in [6.45, 7) is 6.42. The van der Waals surface area contributed by atoms with Crippen molar-refractivity contribution in [3.63, 3.8) is 0 Å². The first-order valence-electron chi connectivity index (χ1n) is 7.23. The van der Waals surface area contributed by atoms with Crippen molar-refractivity contribution in [3.8, 4) is 11.5 Å². The van der Waals surface area contributed by atoms with E-state index in [1.165, 1.54) is 0 Å². The van der Waals surface area contributed by atoms with Gasteiger partial charge in [-0.1, -0.05) is 23.7 Å². The molecule has 2 unspecified atom stereocenters. The van der Waals surface area contributed by atoms with Crippen molar-refractivity contribution in [2.24, 2.45) is 0 Å². The Morgan fingerprint density at radius 1 is 1.27 bits per heavy atom. The van der Waals surface area contributed by atoms with Crippen LogP contribution in [0.5, 0.6) is 0 Å². The average Bonchev–Trinajstić information content (AvgIpc) is 2.79. The predicted molar refractivity (Wildman–Crippen MR) is 87.4 cm³/mol. The minimum atomic E-state index is 0.202. The maximum absolute atomic E-state index is 6.18. The van der Waals surface area contributed by atoms with Crippen molar-refractivity contribution < 1.29 is 9.15 Å². The molecule has 5 nitrogen and oxygen atoms in total. The molecule has 1 aromatic heterocycles. The third-order valence-corrected chi connectivity index (χ3v) is 4.16. The summed E-state index contributed by atoms with van der Waals surface area (Å²) in [6, 6.07) is 7.43. The Balaban J connectivity index is 1.81. The van der Waals surface area contributed by atoms with E-state index < -0.39 is 0 Å². The monoisotopic (exact) mass is 339 g/mol. The highest BCUT2D eigenvalue weighted by atomic mass is 35.5. The summed E-state index contributed by atoms with van der Waals surface area (Å²) >= 11 is 11.5. The van der Waals surface area contributed by atoms with Crippen LogP contribution >= 0.6 is 23.8 Å². The Morgan fingerprint density at radius 3 is 2.64 bits per heavy atom. The van der Waals surface area contributed by atoms with Gasteiger partial charge in [0.05, 0.1) is 29.5 Å². The number of aromatic nitrogens is 2. The molecular formula is C15H18ClN3O2S. The van der Waals surface area contributed by atoms with Crippen LogP contribution in [0.1, 0.15) is 13.8 Å². The first-order valence-corrected chi connectivity index (χ1v) is 8.02. The molecule has 118 valence electrons. The lowest BCUT2D eigenvalue weighted by Gasteiger charge is -2.34. The van der Waals surface area contributed by atoms with Gasteiger partial charge < -0.3 is 9.15 Å². The first kappa shape index (κ1) is 15.7. The molecule has 0 spiro atoms. The molecule has 0 N–H and O–H groups in total. The minimum Gasteiger partial charge on any atom is -0.409 e. The summed E-state index contributed by atoms with van der Waals surface area (Å²) in [5.74, 6) is 0.449. The Hall–Kier alpha value is -1.21. The summed E-state index contributed by atoms with van der Waals surface area (Å²) in [4.78, 5) is 2.61. The zero-order valence-electron chi connectivity index (χ0n) is 12.5. The second-order valence-corrected chi connectivity index (χ2v) is 6.34. The van der Waals surface area contributed by atoms with Crippen LogP contribution in [-0.4, -0.2) is 40.0 Å². The number of hydrogen-bond acceptors (Lipinski definition) is 5. The molecule has 7 heteroatoms. The largest absolute Gasteiger partial charge is 0.409 e. The van der Waals surface area contributed by atoms with Gasteiger partial charge in [0, 0.05) is 13.1 Å². The highest BCUT2D eigenvalue weighted by molar-refractivity contribution is 7.71. The zero-order valence-corrected chi connectivity index (χ0v) is 14.1. The molecule has 0 radical (unpaired) electrons. The van der Waals surface area contributed by atoms with Crippen LogP contribution in [0, 0.1) is 4.84 Å². The molecule has 2 heterocycles. The fourth-order valence-electron chi connectivity index (χ4n) is 2.73. The summed E-state index contributed by atoms with van der Waals surface area (Å²) in [5, 5.41) is 5.06. The fraction of sp³-hybridized carbons (Fsp3) is 0.467. The number of halogens is 1. The quantitative estimate of drug-likeness (QED) is 0.799. The maximum Gasteiger partial charge on any atom is 0.288 e. The molecule has 1 saturated heterocycles. The van der Waals surface area contributed by atoms with E-state index >= 15 is 0 Å². The van der Waals surface area contributed by atoms with Crippen molar-refractivity contribution in [1.82, 2.24) is 14.7 Å². The number of benzene rings is 1. The lowest BCUT2D eigenvalue weighted by molar-refractivity contribution is -0.0778. The second-order valence-electron chi connectivity index (χ2n) is 5.59. The third-order valence-electron chi connectivity index (χ3n) is 3.54. The van der Waals surface area contributed by atoms with Gasteiger partial charge >= 0.3 is 0 Å². The van der Waals surface area contributed by atoms with Crippen LogP contribution < -0.4 is 0 Å². The molecule has 2 atom stereocenters. The van der Waals surface area contributed by atoms with E-state index in [4.69, 9.17) is 33.0 Å². The molecular weight excluding hydrogens is 322 g/mol. The van der Waals surface area contributed by atoms with E-state index in [0.29, 0.717) is 22.4 Å². The van der Waals surface area contributed by atoms with Crippen molar-refractivity contribution in [1.29, 1.82) is 0 Å². The zero-order chi connectivity index (χ0) is 15.7. The Labute approximate surface area is 139 Å². The van der Waals surface area contributed by atoms with Gasteiger partial charge in [-0.3, -0.25) is 4.90 Å². The molecule has 0 saturated carbocycles. The topological polar surface area (TPSA) is 43.4 Å². The van der Waals surface area contributed by atoms with Crippen molar-refractivity contribution >= 4 is 23.8 Å². The number of morpholine rings is 1. The predicted octanol–water partition coefficient (Wildman–Crippen LogP) is 3.59. The molecule has 1 aliphatic heterocycles. The molecule has 22 heavy (non-hydrogen) atoms. The van der Waals surface area contributed by atoms with Crippen molar-refractivity contribution in [3.05, 3.63) is 34.1 Å². The van der Waals surface area contributed by atoms with E-state index in [-0.39, 0.29) is 12.2 Å². The Bertz CT molecular complexity index is 705. The SMILES string of the molecule is CC1CN(Cn2nc(-c3ccccc3Cl)oc2=S)CC(C)O1. The minimum absolute atomic E-state index is 0.202. The number of hydrogen-bond donors (Lipinski definition) is 0. The van der Waals surface area contributed by atoms with E-state index in [2.05, 4.69) is 23.8 Å². The van der Waals surface area contributed by atoms with Gasteiger partial charge in [0.2, 0.25) is 5.89 Å². The summed E-state index contributed by atoms with van der Waals surface area (Å²) in [5.41, 5.74) is 0.748. The van der Waals surface area contributed by atoms with Gasteiger partial charge in [0.1, 0.15) is 0 Å². The molecule has 1 aliphatic rings. The summed E-state index contributed by atoms with van der Waals surface area (Å²) in [7, 11) is 0. The Kier molecular flexibility index (Phi) is 4.63. The maximum atomic E-state index is 6.18. The van der Waals surface area contributed by atoms with Crippen molar-refractivity contribution in [2.45, 2.75) is 32.7 Å². The molecule has 0 bridgehead atoms. The van der Waals surface area contributed by atoms with Gasteiger partial charge in [-0.25, -0.2) is 4.68 Å². The van der Waals surface area contributed by atoms with Crippen molar-refractivity contribution in [2.75, 3.05) is 13.1 Å². The smallest absolute Gasteiger partial charge is 0.288 e. The van der Waals surface area contributed by atoms with Gasteiger partial charge in [0.15, 0.2) is 0 Å². The lowest BCUT2D eigenvalue weighted by atomic mass is 10.2. The van der Waals surface area contributed by atoms with Gasteiger partial charge in [0.25, 0.3) is 4.84 Å². The molecule has 0 aliphatic carbocycles. The third kappa shape index (κ3) is 3.41. The van der Waals surface area contributed by atoms with Gasteiger partial charge in [-0.15, -0.1) is 5.10 Å². The number of rotatable bonds is 3. The van der Waals surface area contributed by atoms with E-state index in [9.17, 15) is 0 Å². The first-order chi connectivity index (χ1) is 10.5. The van der Waals surface area contributed by atoms with Crippen LogP contribution in [-0.2, 0) is 11.4 Å². The standard InChI is InChI=1S/C15H18ClN3O2S/c1-10-7-18(8-11(2)20-10)9-19-15(22)21-14(17-19)12-5-3-4-6-13(12)16/h3-6,10-11H,7-9H2,1-2H3. The molecule has 1 aromatic carbocycles. The molecule has 1 fully saturated rings. The number of nitrogens with zero attached hydrogens (tertiary/aromatic N) is 3. The van der Waals surface area contributed by atoms with Crippen LogP contribution in [0.25, 0.3) is 11.5 Å². The summed E-state index contributed by atoms with van der Waals surface area (Å²) in [6.07, 6.45) is 0.403. The highest BCUT2D eigenvalue weighted by Gasteiger charge is 2.23. The molecule has 0 amide bonds. The fourth-order valence-corrected chi connectivity index (χ4v) is 3.12. The van der Waals surface area contributed by atoms with Crippen LogP contribution in [0.4, 0.5) is 0 Å².